The summed E-state index contributed by atoms with van der Waals surface area (Å²) >= 11 is 0.795. The first-order valence-corrected chi connectivity index (χ1v) is 11.6. The van der Waals surface area contributed by atoms with Crippen LogP contribution in [0.1, 0.15) is 23.2 Å². The summed E-state index contributed by atoms with van der Waals surface area (Å²) in [6.45, 7) is 7.48. The Labute approximate surface area is 194 Å². The second-order valence-electron chi connectivity index (χ2n) is 6.05. The van der Waals surface area contributed by atoms with Gasteiger partial charge in [0.25, 0.3) is 15.9 Å². The zero-order valence-corrected chi connectivity index (χ0v) is 18.9. The van der Waals surface area contributed by atoms with Crippen LogP contribution in [0.4, 0.5) is 9.52 Å². The summed E-state index contributed by atoms with van der Waals surface area (Å²) in [7, 11) is -3.65. The van der Waals surface area contributed by atoms with Gasteiger partial charge in [-0.15, -0.1) is 10.2 Å². The van der Waals surface area contributed by atoms with E-state index in [1.807, 2.05) is 0 Å². The first-order chi connectivity index (χ1) is 15.9. The van der Waals surface area contributed by atoms with E-state index in [1.54, 1.807) is 0 Å². The second kappa shape index (κ2) is 12.8. The van der Waals surface area contributed by atoms with Gasteiger partial charge in [0.2, 0.25) is 9.47 Å². The summed E-state index contributed by atoms with van der Waals surface area (Å²) < 4.78 is 38.7. The van der Waals surface area contributed by atoms with Crippen molar-refractivity contribution in [1.29, 1.82) is 0 Å². The van der Waals surface area contributed by atoms with E-state index in [-0.39, 0.29) is 15.0 Å². The van der Waals surface area contributed by atoms with E-state index in [1.165, 1.54) is 16.4 Å². The number of halogens is 1. The van der Waals surface area contributed by atoms with Crippen LogP contribution in [0.5, 0.6) is 0 Å². The van der Waals surface area contributed by atoms with Crippen LogP contribution in [0.3, 0.4) is 0 Å². The summed E-state index contributed by atoms with van der Waals surface area (Å²) in [5.41, 5.74) is 19.7. The van der Waals surface area contributed by atoms with Gasteiger partial charge in [-0.25, -0.2) is 12.8 Å². The van der Waals surface area contributed by atoms with Crippen LogP contribution in [0.25, 0.3) is 0 Å². The number of rotatable bonds is 4. The minimum atomic E-state index is -3.65. The van der Waals surface area contributed by atoms with Crippen molar-refractivity contribution in [1.82, 2.24) is 14.5 Å². The maximum absolute atomic E-state index is 12.8. The number of carbonyl (C=O) groups is 1. The van der Waals surface area contributed by atoms with Gasteiger partial charge in [-0.1, -0.05) is 22.8 Å². The molecule has 3 rings (SSSR count). The molecule has 166 valence electrons. The molecular formula is C23H17FN4O3S2. The van der Waals surface area contributed by atoms with E-state index in [4.69, 9.17) is 0 Å². The van der Waals surface area contributed by atoms with Crippen molar-refractivity contribution in [2.45, 2.75) is 17.2 Å². The number of aromatic nitrogens is 2. The molecule has 0 atom stereocenters. The second-order valence-corrected chi connectivity index (χ2v) is 9.14. The fraction of sp³-hybridized carbons (Fsp3) is 0.174. The number of hydrogen-bond donors (Lipinski definition) is 1. The lowest BCUT2D eigenvalue weighted by Crippen LogP contribution is -2.27. The Balaban J connectivity index is 0.000000328. The molecule has 33 heavy (non-hydrogen) atoms. The fourth-order valence-electron chi connectivity index (χ4n) is 2.39. The highest BCUT2D eigenvalue weighted by atomic mass is 32.2. The molecule has 10 heteroatoms. The van der Waals surface area contributed by atoms with Gasteiger partial charge in [0, 0.05) is 18.7 Å². The van der Waals surface area contributed by atoms with Gasteiger partial charge in [0.15, 0.2) is 0 Å². The van der Waals surface area contributed by atoms with Gasteiger partial charge in [-0.3, -0.25) is 10.1 Å². The molecule has 1 aromatic carbocycles. The van der Waals surface area contributed by atoms with E-state index in [0.717, 1.165) is 36.3 Å². The largest absolute Gasteiger partial charge is 0.296 e. The van der Waals surface area contributed by atoms with E-state index >= 15 is 0 Å². The zero-order chi connectivity index (χ0) is 24.1. The summed E-state index contributed by atoms with van der Waals surface area (Å²) in [4.78, 5) is 12.0. The van der Waals surface area contributed by atoms with Gasteiger partial charge in [-0.05, 0) is 84.7 Å². The molecule has 0 saturated carbocycles. The van der Waals surface area contributed by atoms with Crippen molar-refractivity contribution in [3.8, 4) is 0 Å². The maximum atomic E-state index is 12.8. The molecule has 1 aromatic heterocycles. The standard InChI is InChI=1S/C13H13FN4O3S2.C10H4/c14-10-5-3-9(4-6-10)11(19)15-12-16-17-13(22-12)23(20,21)18-7-1-2-8-18;1-3-5-7-9-10-8-6-4-2/h3-6H,1-2,7-8H2,(H,15,16,19);1-2H2. The monoisotopic (exact) mass is 480 g/mol. The molecule has 1 aliphatic heterocycles. The normalized spacial score (nSPS) is 12.0. The third-order valence-corrected chi connectivity index (χ3v) is 6.93. The van der Waals surface area contributed by atoms with Crippen molar-refractivity contribution in [3.63, 3.8) is 0 Å². The Morgan fingerprint density at radius 3 is 2.06 bits per heavy atom. The number of nitrogens with zero attached hydrogens (tertiary/aromatic N) is 3. The molecule has 0 bridgehead atoms. The topological polar surface area (TPSA) is 92.3 Å². The molecule has 7 nitrogen and oxygen atoms in total. The first-order valence-electron chi connectivity index (χ1n) is 9.33. The molecule has 0 unspecified atom stereocenters. The Bertz CT molecular complexity index is 1370. The predicted molar refractivity (Wildman–Crippen MR) is 122 cm³/mol. The third kappa shape index (κ3) is 7.92. The lowest BCUT2D eigenvalue weighted by atomic mass is 10.2. The molecule has 1 saturated heterocycles. The predicted octanol–water partition coefficient (Wildman–Crippen LogP) is 3.76. The molecule has 2 heterocycles. The lowest BCUT2D eigenvalue weighted by molar-refractivity contribution is 0.102. The Morgan fingerprint density at radius 1 is 0.970 bits per heavy atom. The van der Waals surface area contributed by atoms with Crippen molar-refractivity contribution in [2.75, 3.05) is 18.4 Å². The van der Waals surface area contributed by atoms with E-state index in [9.17, 15) is 17.6 Å². The number of sulfonamides is 1. The Morgan fingerprint density at radius 2 is 1.52 bits per heavy atom. The van der Waals surface area contributed by atoms with Crippen LogP contribution in [0, 0.1) is 5.82 Å². The van der Waals surface area contributed by atoms with Gasteiger partial charge >= 0.3 is 0 Å². The fourth-order valence-corrected chi connectivity index (χ4v) is 4.94. The smallest absolute Gasteiger partial charge is 0.272 e. The molecule has 1 N–H and O–H groups in total. The molecule has 1 aliphatic rings. The van der Waals surface area contributed by atoms with Gasteiger partial charge in [0.05, 0.1) is 0 Å². The average Bonchev–Trinajstić information content (AvgIpc) is 3.50. The molecular weight excluding hydrogens is 463 g/mol. The summed E-state index contributed by atoms with van der Waals surface area (Å²) in [5, 5.41) is 9.89. The van der Waals surface area contributed by atoms with Crippen LogP contribution < -0.4 is 5.32 Å². The number of hydrogen-bond acceptors (Lipinski definition) is 6. The maximum Gasteiger partial charge on any atom is 0.272 e. The van der Waals surface area contributed by atoms with E-state index < -0.39 is 21.7 Å². The highest BCUT2D eigenvalue weighted by Gasteiger charge is 2.30. The van der Waals surface area contributed by atoms with Crippen LogP contribution in [-0.4, -0.2) is 41.9 Å². The average molecular weight is 481 g/mol. The van der Waals surface area contributed by atoms with Crippen molar-refractivity contribution < 1.29 is 17.6 Å². The highest BCUT2D eigenvalue weighted by Crippen LogP contribution is 2.26. The SMILES string of the molecule is C=C=C=C=C=C=C=C=C=C.O=C(Nc1nnc(S(=O)(=O)N2CCCC2)s1)c1ccc(F)cc1. The minimum absolute atomic E-state index is 0.0806. The summed E-state index contributed by atoms with van der Waals surface area (Å²) in [6, 6.07) is 4.98. The quantitative estimate of drug-likeness (QED) is 0.532. The minimum Gasteiger partial charge on any atom is -0.296 e. The van der Waals surface area contributed by atoms with Crippen molar-refractivity contribution >= 4 is 32.4 Å². The number of amides is 1. The Hall–Kier alpha value is -3.93. The van der Waals surface area contributed by atoms with Gasteiger partial charge in [0.1, 0.15) is 5.82 Å². The molecule has 1 amide bonds. The molecule has 0 radical (unpaired) electrons. The highest BCUT2D eigenvalue weighted by molar-refractivity contribution is 7.91. The number of anilines is 1. The summed E-state index contributed by atoms with van der Waals surface area (Å²) in [5.74, 6) is -0.956. The van der Waals surface area contributed by atoms with Gasteiger partial charge in [-0.2, -0.15) is 4.31 Å². The summed E-state index contributed by atoms with van der Waals surface area (Å²) in [6.07, 6.45) is 1.65. The molecule has 1 fully saturated rings. The van der Waals surface area contributed by atoms with E-state index in [0.29, 0.717) is 13.1 Å². The van der Waals surface area contributed by atoms with Gasteiger partial charge < -0.3 is 0 Å². The molecule has 0 aliphatic carbocycles. The Kier molecular flexibility index (Phi) is 9.83. The van der Waals surface area contributed by atoms with Crippen LogP contribution >= 0.6 is 11.3 Å². The number of nitrogens with one attached hydrogen (secondary N) is 1. The van der Waals surface area contributed by atoms with Crippen LogP contribution in [0.2, 0.25) is 0 Å². The number of benzene rings is 1. The van der Waals surface area contributed by atoms with Crippen molar-refractivity contribution in [3.05, 3.63) is 94.7 Å². The lowest BCUT2D eigenvalue weighted by Gasteiger charge is -2.11. The first kappa shape index (κ1) is 25.3. The molecule has 0 spiro atoms. The number of carbonyl (C=O) groups excluding carboxylic acids is 1. The van der Waals surface area contributed by atoms with Crippen LogP contribution in [-0.2, 0) is 10.0 Å². The molecule has 2 aromatic rings. The zero-order valence-electron chi connectivity index (χ0n) is 17.3. The van der Waals surface area contributed by atoms with Crippen molar-refractivity contribution in [2.24, 2.45) is 0 Å². The van der Waals surface area contributed by atoms with E-state index in [2.05, 4.69) is 74.5 Å². The third-order valence-electron chi connectivity index (χ3n) is 3.85. The van der Waals surface area contributed by atoms with Crippen LogP contribution in [0.15, 0.2) is 87.6 Å².